The fraction of sp³-hybridized carbons (Fsp3) is 0.970. The standard InChI is InChI=1S/C33H69N3O2/c1-3-5-7-9-11-13-15-17-21-25-29-36(30-26-22-18-16-14-12-10-8-6-4-2)32(31-37)33(38)35-28-24-20-19-23-27-34/h32,37H,3-31,34H2,1-2H3,(H,35,38)/t32-/m0/s1. The van der Waals surface area contributed by atoms with Crippen molar-refractivity contribution in [3.8, 4) is 0 Å². The van der Waals surface area contributed by atoms with Crippen LogP contribution in [-0.4, -0.2) is 54.7 Å². The summed E-state index contributed by atoms with van der Waals surface area (Å²) < 4.78 is 0. The summed E-state index contributed by atoms with van der Waals surface area (Å²) >= 11 is 0. The molecule has 0 aromatic rings. The van der Waals surface area contributed by atoms with Gasteiger partial charge in [0.25, 0.3) is 0 Å². The Kier molecular flexibility index (Phi) is 30.4. The largest absolute Gasteiger partial charge is 0.394 e. The molecule has 38 heavy (non-hydrogen) atoms. The second-order valence-electron chi connectivity index (χ2n) is 11.6. The third kappa shape index (κ3) is 24.4. The minimum atomic E-state index is -0.406. The Balaban J connectivity index is 4.36. The van der Waals surface area contributed by atoms with Crippen LogP contribution in [0.15, 0.2) is 0 Å². The highest BCUT2D eigenvalue weighted by atomic mass is 16.3. The Morgan fingerprint density at radius 1 is 0.605 bits per heavy atom. The smallest absolute Gasteiger partial charge is 0.239 e. The van der Waals surface area contributed by atoms with Crippen molar-refractivity contribution in [3.63, 3.8) is 0 Å². The predicted molar refractivity (Wildman–Crippen MR) is 167 cm³/mol. The number of nitrogens with two attached hydrogens (primary N) is 1. The summed E-state index contributed by atoms with van der Waals surface area (Å²) in [5.41, 5.74) is 5.57. The van der Waals surface area contributed by atoms with Crippen LogP contribution in [0.3, 0.4) is 0 Å². The molecule has 0 rings (SSSR count). The maximum Gasteiger partial charge on any atom is 0.239 e. The van der Waals surface area contributed by atoms with E-state index in [0.29, 0.717) is 6.54 Å². The minimum absolute atomic E-state index is 0.00508. The third-order valence-corrected chi connectivity index (χ3v) is 7.94. The number of hydrogen-bond donors (Lipinski definition) is 3. The highest BCUT2D eigenvalue weighted by Crippen LogP contribution is 2.14. The van der Waals surface area contributed by atoms with Crippen molar-refractivity contribution in [1.29, 1.82) is 0 Å². The Bertz CT molecular complexity index is 451. The molecule has 0 unspecified atom stereocenters. The monoisotopic (exact) mass is 540 g/mol. The van der Waals surface area contributed by atoms with Gasteiger partial charge in [0, 0.05) is 6.54 Å². The zero-order chi connectivity index (χ0) is 27.9. The number of aliphatic hydroxyl groups excluding tert-OH is 1. The van der Waals surface area contributed by atoms with Gasteiger partial charge in [0.05, 0.1) is 6.61 Å². The maximum atomic E-state index is 12.9. The second kappa shape index (κ2) is 30.9. The van der Waals surface area contributed by atoms with E-state index in [1.807, 2.05) is 0 Å². The molecule has 1 amide bonds. The van der Waals surface area contributed by atoms with Gasteiger partial charge in [-0.2, -0.15) is 0 Å². The summed E-state index contributed by atoms with van der Waals surface area (Å²) in [6.07, 6.45) is 30.6. The highest BCUT2D eigenvalue weighted by molar-refractivity contribution is 5.81. The van der Waals surface area contributed by atoms with Crippen molar-refractivity contribution in [1.82, 2.24) is 10.2 Å². The lowest BCUT2D eigenvalue weighted by Gasteiger charge is -2.29. The number of hydrogen-bond acceptors (Lipinski definition) is 4. The lowest BCUT2D eigenvalue weighted by molar-refractivity contribution is -0.128. The molecule has 0 aliphatic rings. The van der Waals surface area contributed by atoms with Gasteiger partial charge in [-0.05, 0) is 45.3 Å². The van der Waals surface area contributed by atoms with Gasteiger partial charge in [-0.25, -0.2) is 0 Å². The van der Waals surface area contributed by atoms with E-state index in [4.69, 9.17) is 5.73 Å². The van der Waals surface area contributed by atoms with E-state index in [2.05, 4.69) is 24.1 Å². The number of rotatable bonds is 31. The first-order chi connectivity index (χ1) is 18.7. The zero-order valence-electron chi connectivity index (χ0n) is 26.0. The van der Waals surface area contributed by atoms with Crippen LogP contribution in [0.5, 0.6) is 0 Å². The number of aliphatic hydroxyl groups is 1. The Morgan fingerprint density at radius 2 is 0.974 bits per heavy atom. The minimum Gasteiger partial charge on any atom is -0.394 e. The molecule has 0 aliphatic heterocycles. The van der Waals surface area contributed by atoms with E-state index in [1.54, 1.807) is 0 Å². The van der Waals surface area contributed by atoms with E-state index in [9.17, 15) is 9.90 Å². The molecule has 5 nitrogen and oxygen atoms in total. The summed E-state index contributed by atoms with van der Waals surface area (Å²) in [4.78, 5) is 15.2. The van der Waals surface area contributed by atoms with Crippen molar-refractivity contribution in [2.24, 2.45) is 5.73 Å². The molecule has 0 bridgehead atoms. The fourth-order valence-corrected chi connectivity index (χ4v) is 5.34. The average Bonchev–Trinajstić information content (AvgIpc) is 2.92. The van der Waals surface area contributed by atoms with Gasteiger partial charge < -0.3 is 16.2 Å². The van der Waals surface area contributed by atoms with E-state index in [0.717, 1.165) is 58.2 Å². The number of amides is 1. The summed E-state index contributed by atoms with van der Waals surface area (Å²) in [5, 5.41) is 13.2. The van der Waals surface area contributed by atoms with Crippen molar-refractivity contribution in [3.05, 3.63) is 0 Å². The first-order valence-corrected chi connectivity index (χ1v) is 17.0. The molecular formula is C33H69N3O2. The fourth-order valence-electron chi connectivity index (χ4n) is 5.34. The summed E-state index contributed by atoms with van der Waals surface area (Å²) in [7, 11) is 0. The lowest BCUT2D eigenvalue weighted by atomic mass is 10.1. The van der Waals surface area contributed by atoms with E-state index < -0.39 is 6.04 Å². The van der Waals surface area contributed by atoms with E-state index in [-0.39, 0.29) is 12.5 Å². The topological polar surface area (TPSA) is 78.6 Å². The van der Waals surface area contributed by atoms with Crippen LogP contribution >= 0.6 is 0 Å². The number of nitrogens with one attached hydrogen (secondary N) is 1. The summed E-state index contributed by atoms with van der Waals surface area (Å²) in [5.74, 6) is 0.00508. The van der Waals surface area contributed by atoms with Crippen molar-refractivity contribution in [2.45, 2.75) is 174 Å². The quantitative estimate of drug-likeness (QED) is 0.0777. The SMILES string of the molecule is CCCCCCCCCCCCN(CCCCCCCCCCCC)[C@@H](CO)C(=O)NCCCCCCN. The van der Waals surface area contributed by atoms with E-state index in [1.165, 1.54) is 116 Å². The zero-order valence-corrected chi connectivity index (χ0v) is 26.0. The first kappa shape index (κ1) is 37.4. The normalized spacial score (nSPS) is 12.3. The van der Waals surface area contributed by atoms with Gasteiger partial charge in [0.1, 0.15) is 6.04 Å². The van der Waals surface area contributed by atoms with Gasteiger partial charge in [-0.1, -0.05) is 142 Å². The van der Waals surface area contributed by atoms with Gasteiger partial charge in [-0.15, -0.1) is 0 Å². The van der Waals surface area contributed by atoms with Crippen molar-refractivity contribution in [2.75, 3.05) is 32.8 Å². The summed E-state index contributed by atoms with van der Waals surface area (Å²) in [6, 6.07) is -0.406. The molecule has 228 valence electrons. The molecule has 1 atom stereocenters. The van der Waals surface area contributed by atoms with Crippen LogP contribution in [0.1, 0.15) is 168 Å². The van der Waals surface area contributed by atoms with Gasteiger partial charge >= 0.3 is 0 Å². The lowest BCUT2D eigenvalue weighted by Crippen LogP contribution is -2.50. The van der Waals surface area contributed by atoms with Crippen LogP contribution in [0.4, 0.5) is 0 Å². The molecule has 0 fully saturated rings. The van der Waals surface area contributed by atoms with Crippen LogP contribution in [0.2, 0.25) is 0 Å². The van der Waals surface area contributed by atoms with Crippen molar-refractivity contribution < 1.29 is 9.90 Å². The number of carbonyl (C=O) groups is 1. The van der Waals surface area contributed by atoms with Gasteiger partial charge in [0.15, 0.2) is 0 Å². The molecular weight excluding hydrogens is 470 g/mol. The molecule has 0 heterocycles. The average molecular weight is 540 g/mol. The predicted octanol–water partition coefficient (Wildman–Crippen LogP) is 8.13. The molecule has 0 aromatic heterocycles. The Hall–Kier alpha value is -0.650. The third-order valence-electron chi connectivity index (χ3n) is 7.94. The summed E-state index contributed by atoms with van der Waals surface area (Å²) in [6.45, 7) is 7.74. The van der Waals surface area contributed by atoms with Crippen LogP contribution < -0.4 is 11.1 Å². The van der Waals surface area contributed by atoms with Gasteiger partial charge in [-0.3, -0.25) is 9.69 Å². The van der Waals surface area contributed by atoms with Crippen molar-refractivity contribution >= 4 is 5.91 Å². The number of carbonyl (C=O) groups excluding carboxylic acids is 1. The molecule has 0 spiro atoms. The highest BCUT2D eigenvalue weighted by Gasteiger charge is 2.24. The molecule has 0 saturated heterocycles. The Morgan fingerprint density at radius 3 is 1.37 bits per heavy atom. The molecule has 0 aromatic carbocycles. The van der Waals surface area contributed by atoms with Gasteiger partial charge in [0.2, 0.25) is 5.91 Å². The molecule has 0 aliphatic carbocycles. The second-order valence-corrected chi connectivity index (χ2v) is 11.6. The van der Waals surface area contributed by atoms with Crippen LogP contribution in [0, 0.1) is 0 Å². The number of unbranched alkanes of at least 4 members (excludes halogenated alkanes) is 21. The molecule has 5 heteroatoms. The first-order valence-electron chi connectivity index (χ1n) is 17.0. The van der Waals surface area contributed by atoms with E-state index >= 15 is 0 Å². The molecule has 4 N–H and O–H groups in total. The maximum absolute atomic E-state index is 12.9. The Labute approximate surface area is 238 Å². The number of nitrogens with zero attached hydrogens (tertiary/aromatic N) is 1. The molecule has 0 saturated carbocycles. The molecule has 0 radical (unpaired) electrons. The van der Waals surface area contributed by atoms with Crippen LogP contribution in [-0.2, 0) is 4.79 Å². The van der Waals surface area contributed by atoms with Crippen LogP contribution in [0.25, 0.3) is 0 Å².